The number of carbonyl (C=O) groups excluding carboxylic acids is 2. The molecule has 0 fully saturated rings. The van der Waals surface area contributed by atoms with E-state index in [4.69, 9.17) is 4.74 Å². The second-order valence-electron chi connectivity index (χ2n) is 10.4. The predicted octanol–water partition coefficient (Wildman–Crippen LogP) is 7.48. The number of hydrogen-bond donors (Lipinski definition) is 1. The average Bonchev–Trinajstić information content (AvgIpc) is 3.08. The number of rotatable bonds is 7. The van der Waals surface area contributed by atoms with Crippen molar-refractivity contribution >= 4 is 23.1 Å². The van der Waals surface area contributed by atoms with E-state index in [0.29, 0.717) is 24.8 Å². The van der Waals surface area contributed by atoms with Crippen LogP contribution in [0.3, 0.4) is 0 Å². The van der Waals surface area contributed by atoms with Gasteiger partial charge in [0.05, 0.1) is 24.5 Å². The fraction of sp³-hybridized carbons (Fsp3) is 0.333. The van der Waals surface area contributed by atoms with Crippen molar-refractivity contribution in [3.63, 3.8) is 0 Å². The van der Waals surface area contributed by atoms with Gasteiger partial charge in [-0.05, 0) is 61.1 Å². The molecule has 5 nitrogen and oxygen atoms in total. The van der Waals surface area contributed by atoms with Crippen molar-refractivity contribution in [3.05, 3.63) is 101 Å². The zero-order valence-electron chi connectivity index (χ0n) is 22.5. The van der Waals surface area contributed by atoms with Gasteiger partial charge in [0.15, 0.2) is 5.78 Å². The Kier molecular flexibility index (Phi) is 7.64. The summed E-state index contributed by atoms with van der Waals surface area (Å²) in [5.41, 5.74) is 6.55. The maximum Gasteiger partial charge on any atom is 0.227 e. The number of nitrogens with one attached hydrogen (secondary N) is 1. The van der Waals surface area contributed by atoms with Gasteiger partial charge in [-0.2, -0.15) is 0 Å². The molecule has 1 heterocycles. The molecule has 0 radical (unpaired) electrons. The van der Waals surface area contributed by atoms with Crippen LogP contribution in [0.2, 0.25) is 0 Å². The molecule has 0 saturated carbocycles. The van der Waals surface area contributed by atoms with Crippen LogP contribution in [0.5, 0.6) is 5.75 Å². The number of fused-ring (bicyclic) bond motifs is 1. The number of hydrogen-bond acceptors (Lipinski definition) is 4. The average molecular weight is 509 g/mol. The normalized spacial score (nSPS) is 18.8. The van der Waals surface area contributed by atoms with Crippen LogP contribution in [0.1, 0.15) is 74.1 Å². The van der Waals surface area contributed by atoms with Crippen molar-refractivity contribution in [3.8, 4) is 5.75 Å². The fourth-order valence-corrected chi connectivity index (χ4v) is 5.69. The summed E-state index contributed by atoms with van der Waals surface area (Å²) in [5, 5.41) is 3.62. The minimum absolute atomic E-state index is 0.0377. The number of methoxy groups -OCH3 is 1. The molecule has 1 aliphatic heterocycles. The molecule has 3 aromatic carbocycles. The number of Topliss-reactive ketones (excluding diaryl/α,β-unsaturated/α-hetero) is 1. The highest BCUT2D eigenvalue weighted by Gasteiger charge is 2.41. The molecule has 1 aliphatic carbocycles. The van der Waals surface area contributed by atoms with Crippen molar-refractivity contribution in [1.82, 2.24) is 0 Å². The first-order valence-corrected chi connectivity index (χ1v) is 13.6. The Bertz CT molecular complexity index is 1340. The van der Waals surface area contributed by atoms with E-state index in [9.17, 15) is 9.59 Å². The molecule has 2 atom stereocenters. The third kappa shape index (κ3) is 5.10. The first-order chi connectivity index (χ1) is 18.5. The van der Waals surface area contributed by atoms with Gasteiger partial charge in [0.1, 0.15) is 5.75 Å². The molecule has 38 heavy (non-hydrogen) atoms. The zero-order valence-corrected chi connectivity index (χ0v) is 22.5. The SMILES string of the molecule is CCCCCC(=O)N1c2ccccc2NC2=C(C(=O)CC(c3ccc(C)cc3)C2)C1c1ccc(OC)cc1. The molecule has 2 unspecified atom stereocenters. The highest BCUT2D eigenvalue weighted by molar-refractivity contribution is 6.06. The first kappa shape index (κ1) is 25.8. The molecular formula is C33H36N2O3. The number of anilines is 2. The van der Waals surface area contributed by atoms with Gasteiger partial charge in [0.25, 0.3) is 0 Å². The fourth-order valence-electron chi connectivity index (χ4n) is 5.69. The van der Waals surface area contributed by atoms with Crippen molar-refractivity contribution < 1.29 is 14.3 Å². The molecule has 3 aromatic rings. The summed E-state index contributed by atoms with van der Waals surface area (Å²) in [6.45, 7) is 4.21. The summed E-state index contributed by atoms with van der Waals surface area (Å²) < 4.78 is 5.40. The van der Waals surface area contributed by atoms with Gasteiger partial charge >= 0.3 is 0 Å². The van der Waals surface area contributed by atoms with Crippen LogP contribution >= 0.6 is 0 Å². The Morgan fingerprint density at radius 3 is 2.37 bits per heavy atom. The van der Waals surface area contributed by atoms with Crippen molar-refractivity contribution in [2.45, 2.75) is 64.3 Å². The Balaban J connectivity index is 1.65. The number of ether oxygens (including phenoxy) is 1. The summed E-state index contributed by atoms with van der Waals surface area (Å²) in [4.78, 5) is 29.9. The minimum atomic E-state index is -0.507. The van der Waals surface area contributed by atoms with Crippen LogP contribution in [0.4, 0.5) is 11.4 Å². The molecule has 5 heteroatoms. The van der Waals surface area contributed by atoms with Gasteiger partial charge in [-0.3, -0.25) is 14.5 Å². The highest BCUT2D eigenvalue weighted by Crippen LogP contribution is 2.47. The molecule has 196 valence electrons. The molecular weight excluding hydrogens is 472 g/mol. The molecule has 0 spiro atoms. The molecule has 5 rings (SSSR count). The van der Waals surface area contributed by atoms with Crippen molar-refractivity contribution in [2.75, 3.05) is 17.3 Å². The number of allylic oxidation sites excluding steroid dienone is 1. The predicted molar refractivity (Wildman–Crippen MR) is 153 cm³/mol. The number of para-hydroxylation sites is 2. The third-order valence-electron chi connectivity index (χ3n) is 7.73. The van der Waals surface area contributed by atoms with E-state index in [-0.39, 0.29) is 17.6 Å². The monoisotopic (exact) mass is 508 g/mol. The third-order valence-corrected chi connectivity index (χ3v) is 7.73. The quantitative estimate of drug-likeness (QED) is 0.336. The number of aryl methyl sites for hydroxylation is 1. The Morgan fingerprint density at radius 1 is 0.947 bits per heavy atom. The van der Waals surface area contributed by atoms with Gasteiger partial charge in [0, 0.05) is 24.1 Å². The first-order valence-electron chi connectivity index (χ1n) is 13.6. The summed E-state index contributed by atoms with van der Waals surface area (Å²) in [7, 11) is 1.64. The van der Waals surface area contributed by atoms with Crippen molar-refractivity contribution in [1.29, 1.82) is 0 Å². The van der Waals surface area contributed by atoms with Crippen LogP contribution in [-0.2, 0) is 9.59 Å². The van der Waals surface area contributed by atoms with Crippen LogP contribution in [0.15, 0.2) is 84.1 Å². The van der Waals surface area contributed by atoms with Crippen LogP contribution in [0, 0.1) is 6.92 Å². The molecule has 1 amide bonds. The minimum Gasteiger partial charge on any atom is -0.497 e. The largest absolute Gasteiger partial charge is 0.497 e. The van der Waals surface area contributed by atoms with Gasteiger partial charge < -0.3 is 10.1 Å². The number of nitrogens with zero attached hydrogens (tertiary/aromatic N) is 1. The molecule has 0 bridgehead atoms. The second kappa shape index (κ2) is 11.3. The van der Waals surface area contributed by atoms with Crippen LogP contribution in [-0.4, -0.2) is 18.8 Å². The van der Waals surface area contributed by atoms with E-state index < -0.39 is 6.04 Å². The lowest BCUT2D eigenvalue weighted by Crippen LogP contribution is -2.38. The zero-order chi connectivity index (χ0) is 26.6. The van der Waals surface area contributed by atoms with Gasteiger partial charge in [-0.1, -0.05) is 73.9 Å². The molecule has 1 N–H and O–H groups in total. The van der Waals surface area contributed by atoms with E-state index in [1.165, 1.54) is 11.1 Å². The van der Waals surface area contributed by atoms with E-state index in [0.717, 1.165) is 47.6 Å². The molecule has 2 aliphatic rings. The Morgan fingerprint density at radius 2 is 1.66 bits per heavy atom. The summed E-state index contributed by atoms with van der Waals surface area (Å²) in [6, 6.07) is 23.7. The number of ketones is 1. The van der Waals surface area contributed by atoms with E-state index in [1.54, 1.807) is 7.11 Å². The van der Waals surface area contributed by atoms with Gasteiger partial charge in [-0.25, -0.2) is 0 Å². The lowest BCUT2D eigenvalue weighted by molar-refractivity contribution is -0.119. The summed E-state index contributed by atoms with van der Waals surface area (Å²) >= 11 is 0. The standard InChI is InChI=1S/C33H36N2O3/c1-4-5-6-11-31(37)35-29-10-8-7-9-27(29)34-28-20-25(23-14-12-22(2)13-15-23)21-30(36)32(28)33(35)24-16-18-26(38-3)19-17-24/h7-10,12-19,25,33-34H,4-6,11,20-21H2,1-3H3. The lowest BCUT2D eigenvalue weighted by Gasteiger charge is -2.35. The van der Waals surface area contributed by atoms with Gasteiger partial charge in [0.2, 0.25) is 5.91 Å². The smallest absolute Gasteiger partial charge is 0.227 e. The van der Waals surface area contributed by atoms with Crippen molar-refractivity contribution in [2.24, 2.45) is 0 Å². The van der Waals surface area contributed by atoms with E-state index in [2.05, 4.69) is 43.4 Å². The molecule has 0 saturated heterocycles. The van der Waals surface area contributed by atoms with E-state index in [1.807, 2.05) is 53.4 Å². The number of unbranched alkanes of at least 4 members (excludes halogenated alkanes) is 2. The summed E-state index contributed by atoms with van der Waals surface area (Å²) in [6.07, 6.45) is 4.44. The maximum atomic E-state index is 14.1. The van der Waals surface area contributed by atoms with E-state index >= 15 is 0 Å². The number of amides is 1. The van der Waals surface area contributed by atoms with Gasteiger partial charge in [-0.15, -0.1) is 0 Å². The van der Waals surface area contributed by atoms with Crippen LogP contribution < -0.4 is 15.0 Å². The highest BCUT2D eigenvalue weighted by atomic mass is 16.5. The Hall–Kier alpha value is -3.86. The maximum absolute atomic E-state index is 14.1. The summed E-state index contributed by atoms with van der Waals surface area (Å²) in [5.74, 6) is 0.954. The number of carbonyl (C=O) groups is 2. The number of benzene rings is 3. The topological polar surface area (TPSA) is 58.6 Å². The Labute approximate surface area is 225 Å². The van der Waals surface area contributed by atoms with Crippen LogP contribution in [0.25, 0.3) is 0 Å². The lowest BCUT2D eigenvalue weighted by atomic mass is 9.78. The molecule has 0 aromatic heterocycles. The second-order valence-corrected chi connectivity index (χ2v) is 10.4.